The quantitative estimate of drug-likeness (QED) is 0.335. The summed E-state index contributed by atoms with van der Waals surface area (Å²) in [5.41, 5.74) is 2.99. The van der Waals surface area contributed by atoms with Crippen LogP contribution in [0.2, 0.25) is 0 Å². The smallest absolute Gasteiger partial charge is 0.308 e. The summed E-state index contributed by atoms with van der Waals surface area (Å²) in [6.07, 6.45) is -3.98. The lowest BCUT2D eigenvalue weighted by Crippen LogP contribution is -2.70. The van der Waals surface area contributed by atoms with Crippen LogP contribution in [0.25, 0.3) is 0 Å². The Labute approximate surface area is 239 Å². The predicted octanol–water partition coefficient (Wildman–Crippen LogP) is 3.55. The Hall–Kier alpha value is -3.60. The molecule has 0 aromatic heterocycles. The van der Waals surface area contributed by atoms with Crippen LogP contribution in [0.5, 0.6) is 0 Å². The maximum absolute atomic E-state index is 13.0. The highest BCUT2D eigenvalue weighted by Crippen LogP contribution is 2.32. The topological polar surface area (TPSA) is 102 Å². The number of fused-ring (bicyclic) bond motifs is 1. The van der Waals surface area contributed by atoms with Crippen LogP contribution in [-0.2, 0) is 57.8 Å². The molecule has 216 valence electrons. The lowest BCUT2D eigenvalue weighted by molar-refractivity contribution is -0.307. The van der Waals surface area contributed by atoms with Gasteiger partial charge in [0.25, 0.3) is 0 Å². The minimum atomic E-state index is -1.05. The molecule has 5 rings (SSSR count). The largest absolute Gasteiger partial charge is 0.469 e. The monoisotopic (exact) mass is 561 g/mol. The molecule has 0 aliphatic carbocycles. The minimum Gasteiger partial charge on any atom is -0.469 e. The number of carbonyl (C=O) groups is 2. The van der Waals surface area contributed by atoms with Crippen molar-refractivity contribution in [3.8, 4) is 0 Å². The molecule has 2 fully saturated rings. The molecule has 9 nitrogen and oxygen atoms in total. The normalized spacial score (nSPS) is 25.6. The first-order chi connectivity index (χ1) is 20.1. The van der Waals surface area contributed by atoms with Crippen molar-refractivity contribution in [2.24, 2.45) is 0 Å². The highest BCUT2D eigenvalue weighted by atomic mass is 16.7. The van der Waals surface area contributed by atoms with Gasteiger partial charge in [0.1, 0.15) is 30.5 Å². The molecular formula is C32H35NO8. The molecule has 0 saturated carbocycles. The molecule has 3 aromatic carbocycles. The molecule has 41 heavy (non-hydrogen) atoms. The lowest BCUT2D eigenvalue weighted by Gasteiger charge is -2.49. The van der Waals surface area contributed by atoms with Crippen LogP contribution in [0.15, 0.2) is 91.0 Å². The van der Waals surface area contributed by atoms with Gasteiger partial charge in [0.2, 0.25) is 5.91 Å². The number of morpholine rings is 1. The number of benzene rings is 3. The highest BCUT2D eigenvalue weighted by molar-refractivity contribution is 5.86. The second-order valence-electron chi connectivity index (χ2n) is 10.0. The lowest BCUT2D eigenvalue weighted by atomic mass is 9.94. The van der Waals surface area contributed by atoms with E-state index in [0.29, 0.717) is 19.8 Å². The summed E-state index contributed by atoms with van der Waals surface area (Å²) in [4.78, 5) is 24.9. The van der Waals surface area contributed by atoms with Crippen LogP contribution in [0.3, 0.4) is 0 Å². The number of ether oxygens (including phenoxy) is 6. The molecule has 9 heteroatoms. The molecule has 2 heterocycles. The molecule has 0 bridgehead atoms. The SMILES string of the molecule is COC(=O)C[C@@H]1OC2O[C@H](COCc3ccccc3)[C@H](OCc3ccccc3)[C@H](OCc3ccccc3)[C@H]2NC1=O. The van der Waals surface area contributed by atoms with Crippen LogP contribution in [-0.4, -0.2) is 62.3 Å². The molecule has 0 radical (unpaired) electrons. The van der Waals surface area contributed by atoms with Crippen LogP contribution in [0.1, 0.15) is 23.1 Å². The number of hydrogen-bond acceptors (Lipinski definition) is 8. The highest BCUT2D eigenvalue weighted by Gasteiger charge is 2.52. The van der Waals surface area contributed by atoms with E-state index in [0.717, 1.165) is 16.7 Å². The molecule has 6 atom stereocenters. The molecule has 1 N–H and O–H groups in total. The Morgan fingerprint density at radius 2 is 1.29 bits per heavy atom. The number of rotatable bonds is 12. The van der Waals surface area contributed by atoms with Gasteiger partial charge < -0.3 is 33.7 Å². The number of methoxy groups -OCH3 is 1. The number of carbonyl (C=O) groups excluding carboxylic acids is 2. The summed E-state index contributed by atoms with van der Waals surface area (Å²) in [6.45, 7) is 1.19. The van der Waals surface area contributed by atoms with Crippen molar-refractivity contribution in [1.82, 2.24) is 5.32 Å². The maximum Gasteiger partial charge on any atom is 0.308 e. The fourth-order valence-corrected chi connectivity index (χ4v) is 4.96. The summed E-state index contributed by atoms with van der Waals surface area (Å²) >= 11 is 0. The van der Waals surface area contributed by atoms with Crippen molar-refractivity contribution in [2.45, 2.75) is 63.0 Å². The Morgan fingerprint density at radius 3 is 1.85 bits per heavy atom. The Balaban J connectivity index is 1.38. The van der Waals surface area contributed by atoms with Gasteiger partial charge in [-0.05, 0) is 16.7 Å². The van der Waals surface area contributed by atoms with E-state index in [2.05, 4.69) is 5.32 Å². The van der Waals surface area contributed by atoms with Gasteiger partial charge in [-0.3, -0.25) is 9.59 Å². The van der Waals surface area contributed by atoms with Crippen LogP contribution >= 0.6 is 0 Å². The van der Waals surface area contributed by atoms with Crippen molar-refractivity contribution in [2.75, 3.05) is 13.7 Å². The first kappa shape index (κ1) is 28.9. The van der Waals surface area contributed by atoms with Gasteiger partial charge in [-0.1, -0.05) is 91.0 Å². The molecule has 1 amide bonds. The van der Waals surface area contributed by atoms with Crippen molar-refractivity contribution in [3.63, 3.8) is 0 Å². The Kier molecular flexibility index (Phi) is 10.1. The van der Waals surface area contributed by atoms with Crippen LogP contribution in [0.4, 0.5) is 0 Å². The minimum absolute atomic E-state index is 0.196. The number of esters is 1. The standard InChI is InChI=1S/C32H35NO8/c1-36-27(34)17-25-31(35)33-28-30(39-20-24-15-9-4-10-16-24)29(38-19-23-13-7-3-8-14-23)26(41-32(28)40-25)21-37-18-22-11-5-2-6-12-22/h2-16,25-26,28-30,32H,17-21H2,1H3,(H,33,35)/t25-,26+,28+,29-,30+,32?/m0/s1. The van der Waals surface area contributed by atoms with E-state index in [1.54, 1.807) is 0 Å². The zero-order valence-corrected chi connectivity index (χ0v) is 22.9. The van der Waals surface area contributed by atoms with E-state index in [1.807, 2.05) is 91.0 Å². The van der Waals surface area contributed by atoms with Gasteiger partial charge in [-0.15, -0.1) is 0 Å². The Bertz CT molecular complexity index is 1240. The second kappa shape index (κ2) is 14.3. The van der Waals surface area contributed by atoms with E-state index < -0.39 is 48.6 Å². The maximum atomic E-state index is 13.0. The molecule has 3 aromatic rings. The van der Waals surface area contributed by atoms with E-state index in [4.69, 9.17) is 28.4 Å². The fraction of sp³-hybridized carbons (Fsp3) is 0.375. The zero-order valence-electron chi connectivity index (χ0n) is 22.9. The summed E-state index contributed by atoms with van der Waals surface area (Å²) in [5.74, 6) is -0.989. The Morgan fingerprint density at radius 1 is 0.756 bits per heavy atom. The average molecular weight is 562 g/mol. The molecule has 2 saturated heterocycles. The zero-order chi connectivity index (χ0) is 28.4. The molecule has 2 aliphatic heterocycles. The fourth-order valence-electron chi connectivity index (χ4n) is 4.96. The van der Waals surface area contributed by atoms with Gasteiger partial charge >= 0.3 is 5.97 Å². The van der Waals surface area contributed by atoms with Gasteiger partial charge in [-0.2, -0.15) is 0 Å². The summed E-state index contributed by atoms with van der Waals surface area (Å²) < 4.78 is 36.2. The van der Waals surface area contributed by atoms with Crippen LogP contribution < -0.4 is 5.32 Å². The number of nitrogens with one attached hydrogen (secondary N) is 1. The van der Waals surface area contributed by atoms with Crippen molar-refractivity contribution in [1.29, 1.82) is 0 Å². The summed E-state index contributed by atoms with van der Waals surface area (Å²) in [5, 5.41) is 2.97. The van der Waals surface area contributed by atoms with Crippen molar-refractivity contribution < 1.29 is 38.0 Å². The predicted molar refractivity (Wildman–Crippen MR) is 148 cm³/mol. The van der Waals surface area contributed by atoms with Crippen molar-refractivity contribution in [3.05, 3.63) is 108 Å². The first-order valence-corrected chi connectivity index (χ1v) is 13.7. The second-order valence-corrected chi connectivity index (χ2v) is 10.0. The molecular weight excluding hydrogens is 526 g/mol. The first-order valence-electron chi connectivity index (χ1n) is 13.7. The third kappa shape index (κ3) is 7.78. The molecule has 0 spiro atoms. The van der Waals surface area contributed by atoms with Gasteiger partial charge in [0.05, 0.1) is 40.0 Å². The molecule has 1 unspecified atom stereocenters. The molecule has 2 aliphatic rings. The third-order valence-electron chi connectivity index (χ3n) is 7.09. The third-order valence-corrected chi connectivity index (χ3v) is 7.09. The van der Waals surface area contributed by atoms with Crippen molar-refractivity contribution >= 4 is 11.9 Å². The van der Waals surface area contributed by atoms with Crippen LogP contribution in [0, 0.1) is 0 Å². The van der Waals surface area contributed by atoms with Gasteiger partial charge in [0.15, 0.2) is 6.29 Å². The van der Waals surface area contributed by atoms with E-state index in [1.165, 1.54) is 7.11 Å². The van der Waals surface area contributed by atoms with E-state index in [9.17, 15) is 9.59 Å². The number of amides is 1. The van der Waals surface area contributed by atoms with Gasteiger partial charge in [-0.25, -0.2) is 0 Å². The summed E-state index contributed by atoms with van der Waals surface area (Å²) in [7, 11) is 1.27. The number of hydrogen-bond donors (Lipinski definition) is 1. The van der Waals surface area contributed by atoms with E-state index in [-0.39, 0.29) is 13.0 Å². The van der Waals surface area contributed by atoms with Gasteiger partial charge in [0, 0.05) is 0 Å². The summed E-state index contributed by atoms with van der Waals surface area (Å²) in [6, 6.07) is 28.8. The average Bonchev–Trinajstić information content (AvgIpc) is 3.01. The van der Waals surface area contributed by atoms with E-state index >= 15 is 0 Å².